The van der Waals surface area contributed by atoms with Crippen LogP contribution in [-0.2, 0) is 4.74 Å². The summed E-state index contributed by atoms with van der Waals surface area (Å²) in [7, 11) is 2.25. The van der Waals surface area contributed by atoms with Gasteiger partial charge in [0.2, 0.25) is 0 Å². The van der Waals surface area contributed by atoms with Gasteiger partial charge in [0.15, 0.2) is 0 Å². The maximum absolute atomic E-state index is 5.81. The van der Waals surface area contributed by atoms with Crippen molar-refractivity contribution in [3.63, 3.8) is 0 Å². The predicted molar refractivity (Wildman–Crippen MR) is 79.3 cm³/mol. The molecule has 0 saturated carbocycles. The Morgan fingerprint density at radius 2 is 2.11 bits per heavy atom. The van der Waals surface area contributed by atoms with Gasteiger partial charge in [-0.05, 0) is 38.3 Å². The zero-order valence-corrected chi connectivity index (χ0v) is 12.9. The molecule has 4 heteroatoms. The smallest absolute Gasteiger partial charge is 0.0702 e. The summed E-state index contributed by atoms with van der Waals surface area (Å²) in [6, 6.07) is 0.591. The van der Waals surface area contributed by atoms with Gasteiger partial charge in [-0.3, -0.25) is 4.90 Å². The van der Waals surface area contributed by atoms with Crippen LogP contribution in [0.15, 0.2) is 0 Å². The Kier molecular flexibility index (Phi) is 5.23. The molecule has 2 fully saturated rings. The van der Waals surface area contributed by atoms with Crippen LogP contribution in [0.3, 0.4) is 0 Å². The van der Waals surface area contributed by atoms with Crippen LogP contribution in [0.5, 0.6) is 0 Å². The van der Waals surface area contributed by atoms with Crippen LogP contribution in [-0.4, -0.2) is 68.3 Å². The van der Waals surface area contributed by atoms with Crippen LogP contribution in [0.4, 0.5) is 0 Å². The minimum absolute atomic E-state index is 0.344. The molecule has 0 bridgehead atoms. The summed E-state index contributed by atoms with van der Waals surface area (Å²) in [5, 5.41) is 0. The van der Waals surface area contributed by atoms with E-state index in [0.29, 0.717) is 17.6 Å². The zero-order chi connectivity index (χ0) is 13.9. The number of hydrogen-bond acceptors (Lipinski definition) is 4. The monoisotopic (exact) mass is 269 g/mol. The fraction of sp³-hybridized carbons (Fsp3) is 1.00. The molecule has 0 aromatic rings. The maximum atomic E-state index is 5.81. The third-order valence-corrected chi connectivity index (χ3v) is 4.41. The summed E-state index contributed by atoms with van der Waals surface area (Å²) >= 11 is 0. The van der Waals surface area contributed by atoms with Gasteiger partial charge >= 0.3 is 0 Å². The SMILES string of the molecule is CN1CC(C)(C)CN(CC2CCCO2)CC1CCN. The summed E-state index contributed by atoms with van der Waals surface area (Å²) in [6.07, 6.45) is 4.01. The fourth-order valence-corrected chi connectivity index (χ4v) is 3.68. The van der Waals surface area contributed by atoms with Crippen LogP contribution < -0.4 is 5.73 Å². The Labute approximate surface area is 118 Å². The molecule has 0 aromatic heterocycles. The van der Waals surface area contributed by atoms with E-state index in [0.717, 1.165) is 45.8 Å². The van der Waals surface area contributed by atoms with Gasteiger partial charge < -0.3 is 15.4 Å². The molecule has 112 valence electrons. The highest BCUT2D eigenvalue weighted by atomic mass is 16.5. The second-order valence-electron chi connectivity index (χ2n) is 7.14. The fourth-order valence-electron chi connectivity index (χ4n) is 3.68. The number of nitrogens with zero attached hydrogens (tertiary/aromatic N) is 2. The summed E-state index contributed by atoms with van der Waals surface area (Å²) in [6.45, 7) is 11.0. The predicted octanol–water partition coefficient (Wildman–Crippen LogP) is 1.16. The molecule has 4 nitrogen and oxygen atoms in total. The summed E-state index contributed by atoms with van der Waals surface area (Å²) in [4.78, 5) is 5.11. The standard InChI is InChI=1S/C15H31N3O/c1-15(2)11-17(3)13(6-7-16)9-18(12-15)10-14-5-4-8-19-14/h13-14H,4-12,16H2,1-3H3. The van der Waals surface area contributed by atoms with Crippen molar-refractivity contribution in [2.75, 3.05) is 46.4 Å². The molecule has 19 heavy (non-hydrogen) atoms. The van der Waals surface area contributed by atoms with Gasteiger partial charge in [0, 0.05) is 38.8 Å². The van der Waals surface area contributed by atoms with E-state index < -0.39 is 0 Å². The normalized spacial score (nSPS) is 33.5. The molecule has 2 heterocycles. The molecule has 0 spiro atoms. The van der Waals surface area contributed by atoms with Gasteiger partial charge in [-0.2, -0.15) is 0 Å². The van der Waals surface area contributed by atoms with Crippen LogP contribution in [0.2, 0.25) is 0 Å². The van der Waals surface area contributed by atoms with Crippen LogP contribution in [0, 0.1) is 5.41 Å². The minimum atomic E-state index is 0.344. The molecule has 2 rings (SSSR count). The van der Waals surface area contributed by atoms with Crippen molar-refractivity contribution in [1.29, 1.82) is 0 Å². The molecular weight excluding hydrogens is 238 g/mol. The lowest BCUT2D eigenvalue weighted by Crippen LogP contribution is -2.42. The zero-order valence-electron chi connectivity index (χ0n) is 12.9. The van der Waals surface area contributed by atoms with Crippen molar-refractivity contribution in [2.45, 2.75) is 45.3 Å². The van der Waals surface area contributed by atoms with E-state index in [2.05, 4.69) is 30.7 Å². The number of hydrogen-bond donors (Lipinski definition) is 1. The average Bonchev–Trinajstić information content (AvgIpc) is 2.75. The highest BCUT2D eigenvalue weighted by molar-refractivity contribution is 4.88. The van der Waals surface area contributed by atoms with Crippen LogP contribution >= 0.6 is 0 Å². The highest BCUT2D eigenvalue weighted by Crippen LogP contribution is 2.26. The van der Waals surface area contributed by atoms with Crippen molar-refractivity contribution < 1.29 is 4.74 Å². The Morgan fingerprint density at radius 1 is 1.32 bits per heavy atom. The Bertz CT molecular complexity index is 277. The Hall–Kier alpha value is -0.160. The number of rotatable bonds is 4. The first-order valence-corrected chi connectivity index (χ1v) is 7.74. The van der Waals surface area contributed by atoms with Crippen LogP contribution in [0.1, 0.15) is 33.1 Å². The summed E-state index contributed by atoms with van der Waals surface area (Å²) < 4.78 is 5.81. The van der Waals surface area contributed by atoms with Crippen LogP contribution in [0.25, 0.3) is 0 Å². The maximum Gasteiger partial charge on any atom is 0.0702 e. The highest BCUT2D eigenvalue weighted by Gasteiger charge is 2.33. The third-order valence-electron chi connectivity index (χ3n) is 4.41. The van der Waals surface area contributed by atoms with Gasteiger partial charge in [0.05, 0.1) is 6.10 Å². The average molecular weight is 269 g/mol. The van der Waals surface area contributed by atoms with E-state index in [-0.39, 0.29) is 0 Å². The first-order valence-electron chi connectivity index (χ1n) is 7.74. The first-order chi connectivity index (χ1) is 9.00. The lowest BCUT2D eigenvalue weighted by Gasteiger charge is -2.31. The summed E-state index contributed by atoms with van der Waals surface area (Å²) in [5.41, 5.74) is 6.12. The molecule has 0 radical (unpaired) electrons. The number of likely N-dealkylation sites (N-methyl/N-ethyl adjacent to an activating group) is 1. The van der Waals surface area contributed by atoms with E-state index >= 15 is 0 Å². The second kappa shape index (κ2) is 6.53. The van der Waals surface area contributed by atoms with Crippen molar-refractivity contribution in [1.82, 2.24) is 9.80 Å². The van der Waals surface area contributed by atoms with Gasteiger partial charge in [-0.15, -0.1) is 0 Å². The molecule has 2 aliphatic rings. The second-order valence-corrected chi connectivity index (χ2v) is 7.14. The lowest BCUT2D eigenvalue weighted by molar-refractivity contribution is 0.0627. The first kappa shape index (κ1) is 15.2. The molecule has 2 aliphatic heterocycles. The minimum Gasteiger partial charge on any atom is -0.377 e. The molecule has 0 amide bonds. The van der Waals surface area contributed by atoms with Crippen molar-refractivity contribution in [3.05, 3.63) is 0 Å². The van der Waals surface area contributed by atoms with E-state index in [1.165, 1.54) is 12.8 Å². The van der Waals surface area contributed by atoms with Crippen molar-refractivity contribution in [2.24, 2.45) is 11.1 Å². The van der Waals surface area contributed by atoms with Gasteiger partial charge in [0.25, 0.3) is 0 Å². The molecule has 0 aromatic carbocycles. The molecule has 2 atom stereocenters. The van der Waals surface area contributed by atoms with E-state index in [1.54, 1.807) is 0 Å². The van der Waals surface area contributed by atoms with E-state index in [9.17, 15) is 0 Å². The molecular formula is C15H31N3O. The summed E-state index contributed by atoms with van der Waals surface area (Å²) in [5.74, 6) is 0. The van der Waals surface area contributed by atoms with Crippen molar-refractivity contribution in [3.8, 4) is 0 Å². The van der Waals surface area contributed by atoms with E-state index in [1.807, 2.05) is 0 Å². The topological polar surface area (TPSA) is 41.7 Å². The van der Waals surface area contributed by atoms with Gasteiger partial charge in [-0.1, -0.05) is 13.8 Å². The third kappa shape index (κ3) is 4.42. The number of nitrogens with two attached hydrogens (primary N) is 1. The van der Waals surface area contributed by atoms with Gasteiger partial charge in [0.1, 0.15) is 0 Å². The molecule has 0 aliphatic carbocycles. The van der Waals surface area contributed by atoms with Gasteiger partial charge in [-0.25, -0.2) is 0 Å². The molecule has 2 N–H and O–H groups in total. The number of ether oxygens (including phenoxy) is 1. The Morgan fingerprint density at radius 3 is 2.74 bits per heavy atom. The largest absolute Gasteiger partial charge is 0.377 e. The van der Waals surface area contributed by atoms with E-state index in [4.69, 9.17) is 10.5 Å². The van der Waals surface area contributed by atoms with Crippen molar-refractivity contribution >= 4 is 0 Å². The lowest BCUT2D eigenvalue weighted by atomic mass is 9.92. The quantitative estimate of drug-likeness (QED) is 0.831. The Balaban J connectivity index is 1.98. The molecule has 2 saturated heterocycles. The molecule has 2 unspecified atom stereocenters.